The molecule has 0 amide bonds. The Bertz CT molecular complexity index is 690. The molecule has 1 saturated heterocycles. The Balaban J connectivity index is 1.77. The maximum Gasteiger partial charge on any atom is 0.198 e. The molecule has 5 nitrogen and oxygen atoms in total. The largest absolute Gasteiger partial charge is 0.363 e. The van der Waals surface area contributed by atoms with E-state index >= 15 is 0 Å². The molecular weight excluding hydrogens is 310 g/mol. The molecule has 1 aromatic carbocycles. The quantitative estimate of drug-likeness (QED) is 0.684. The zero-order valence-electron chi connectivity index (χ0n) is 15.2. The number of nitrogens with one attached hydrogen (secondary N) is 1. The standard InChI is InChI=1S/C20H27N5/c1-24(2)19-13-9-12-18(22-19)16-21-20(25-14-7-4-8-15-25)23-17-10-5-3-6-11-17/h3,5-6,9-13H,4,7-8,14-16H2,1-2H3,(H,21,23). The average Bonchev–Trinajstić information content (AvgIpc) is 2.67. The van der Waals surface area contributed by atoms with Crippen molar-refractivity contribution >= 4 is 17.5 Å². The summed E-state index contributed by atoms with van der Waals surface area (Å²) in [6.07, 6.45) is 3.76. The Morgan fingerprint density at radius 1 is 1.04 bits per heavy atom. The number of piperidine rings is 1. The fourth-order valence-electron chi connectivity index (χ4n) is 2.93. The topological polar surface area (TPSA) is 43.8 Å². The Kier molecular flexibility index (Phi) is 5.88. The predicted molar refractivity (Wildman–Crippen MR) is 105 cm³/mol. The minimum atomic E-state index is 0.577. The number of likely N-dealkylation sites (tertiary alicyclic amines) is 1. The molecule has 0 unspecified atom stereocenters. The van der Waals surface area contributed by atoms with E-state index in [0.717, 1.165) is 36.2 Å². The first kappa shape index (κ1) is 17.3. The lowest BCUT2D eigenvalue weighted by Crippen LogP contribution is -2.40. The molecule has 25 heavy (non-hydrogen) atoms. The number of aromatic nitrogens is 1. The summed E-state index contributed by atoms with van der Waals surface area (Å²) in [5.74, 6) is 1.91. The number of hydrogen-bond acceptors (Lipinski definition) is 3. The second kappa shape index (κ2) is 8.51. The van der Waals surface area contributed by atoms with E-state index in [1.54, 1.807) is 0 Å². The van der Waals surface area contributed by atoms with Gasteiger partial charge in [-0.1, -0.05) is 24.3 Å². The lowest BCUT2D eigenvalue weighted by atomic mass is 10.1. The van der Waals surface area contributed by atoms with Gasteiger partial charge in [-0.25, -0.2) is 9.98 Å². The predicted octanol–water partition coefficient (Wildman–Crippen LogP) is 3.60. The van der Waals surface area contributed by atoms with Gasteiger partial charge in [-0.05, 0) is 43.5 Å². The summed E-state index contributed by atoms with van der Waals surface area (Å²) in [7, 11) is 4.01. The lowest BCUT2D eigenvalue weighted by Gasteiger charge is -2.30. The number of nitrogens with zero attached hydrogens (tertiary/aromatic N) is 4. The summed E-state index contributed by atoms with van der Waals surface area (Å²) in [4.78, 5) is 13.9. The highest BCUT2D eigenvalue weighted by Crippen LogP contribution is 2.14. The number of aliphatic imine (C=N–C) groups is 1. The van der Waals surface area contributed by atoms with Crippen LogP contribution in [-0.2, 0) is 6.54 Å². The Labute approximate surface area is 150 Å². The maximum absolute atomic E-state index is 4.86. The van der Waals surface area contributed by atoms with E-state index in [-0.39, 0.29) is 0 Å². The Morgan fingerprint density at radius 3 is 2.52 bits per heavy atom. The number of guanidine groups is 1. The smallest absolute Gasteiger partial charge is 0.198 e. The van der Waals surface area contributed by atoms with Gasteiger partial charge in [0, 0.05) is 32.9 Å². The van der Waals surface area contributed by atoms with Gasteiger partial charge in [0.05, 0.1) is 12.2 Å². The Hall–Kier alpha value is -2.56. The third kappa shape index (κ3) is 4.95. The van der Waals surface area contributed by atoms with Gasteiger partial charge in [-0.2, -0.15) is 0 Å². The van der Waals surface area contributed by atoms with Gasteiger partial charge >= 0.3 is 0 Å². The van der Waals surface area contributed by atoms with Crippen molar-refractivity contribution in [1.29, 1.82) is 0 Å². The van der Waals surface area contributed by atoms with Crippen LogP contribution in [0.3, 0.4) is 0 Å². The summed E-state index contributed by atoms with van der Waals surface area (Å²) in [6, 6.07) is 16.3. The molecule has 0 spiro atoms. The van der Waals surface area contributed by atoms with E-state index in [9.17, 15) is 0 Å². The first-order chi connectivity index (χ1) is 12.2. The van der Waals surface area contributed by atoms with Crippen LogP contribution in [0.2, 0.25) is 0 Å². The third-order valence-electron chi connectivity index (χ3n) is 4.33. The molecule has 1 fully saturated rings. The zero-order valence-corrected chi connectivity index (χ0v) is 15.2. The fraction of sp³-hybridized carbons (Fsp3) is 0.400. The van der Waals surface area contributed by atoms with Crippen LogP contribution in [0.25, 0.3) is 0 Å². The molecule has 3 rings (SSSR count). The number of hydrogen-bond donors (Lipinski definition) is 1. The minimum Gasteiger partial charge on any atom is -0.363 e. The van der Waals surface area contributed by atoms with Crippen LogP contribution in [0.4, 0.5) is 11.5 Å². The second-order valence-corrected chi connectivity index (χ2v) is 6.56. The van der Waals surface area contributed by atoms with Crippen LogP contribution in [0.15, 0.2) is 53.5 Å². The number of benzene rings is 1. The number of rotatable bonds is 4. The van der Waals surface area contributed by atoms with Crippen LogP contribution in [0.1, 0.15) is 25.0 Å². The van der Waals surface area contributed by atoms with E-state index in [1.807, 2.05) is 55.4 Å². The molecule has 1 aromatic heterocycles. The van der Waals surface area contributed by atoms with E-state index in [2.05, 4.69) is 27.3 Å². The normalized spacial score (nSPS) is 15.1. The second-order valence-electron chi connectivity index (χ2n) is 6.56. The number of para-hydroxylation sites is 1. The molecule has 0 saturated carbocycles. The monoisotopic (exact) mass is 337 g/mol. The molecule has 132 valence electrons. The number of anilines is 2. The van der Waals surface area contributed by atoms with Crippen LogP contribution in [0, 0.1) is 0 Å². The van der Waals surface area contributed by atoms with E-state index in [0.29, 0.717) is 6.54 Å². The molecule has 0 atom stereocenters. The van der Waals surface area contributed by atoms with Crippen LogP contribution < -0.4 is 10.2 Å². The van der Waals surface area contributed by atoms with Crippen molar-refractivity contribution in [3.8, 4) is 0 Å². The first-order valence-electron chi connectivity index (χ1n) is 8.97. The van der Waals surface area contributed by atoms with Gasteiger partial charge < -0.3 is 15.1 Å². The molecular formula is C20H27N5. The van der Waals surface area contributed by atoms with E-state index < -0.39 is 0 Å². The molecule has 2 heterocycles. The Morgan fingerprint density at radius 2 is 1.80 bits per heavy atom. The van der Waals surface area contributed by atoms with E-state index in [4.69, 9.17) is 4.99 Å². The van der Waals surface area contributed by atoms with Crippen molar-refractivity contribution in [2.75, 3.05) is 37.4 Å². The van der Waals surface area contributed by atoms with Crippen molar-refractivity contribution < 1.29 is 0 Å². The highest BCUT2D eigenvalue weighted by atomic mass is 15.3. The fourth-order valence-corrected chi connectivity index (χ4v) is 2.93. The van der Waals surface area contributed by atoms with Gasteiger partial charge in [-0.15, -0.1) is 0 Å². The summed E-state index contributed by atoms with van der Waals surface area (Å²) >= 11 is 0. The third-order valence-corrected chi connectivity index (χ3v) is 4.33. The van der Waals surface area contributed by atoms with Crippen LogP contribution in [-0.4, -0.2) is 43.0 Å². The number of pyridine rings is 1. The molecule has 0 aliphatic carbocycles. The van der Waals surface area contributed by atoms with Crippen molar-refractivity contribution in [3.05, 3.63) is 54.2 Å². The average molecular weight is 337 g/mol. The van der Waals surface area contributed by atoms with Crippen molar-refractivity contribution in [2.45, 2.75) is 25.8 Å². The van der Waals surface area contributed by atoms with Crippen molar-refractivity contribution in [3.63, 3.8) is 0 Å². The molecule has 1 aliphatic rings. The zero-order chi connectivity index (χ0) is 17.5. The molecule has 0 radical (unpaired) electrons. The summed E-state index contributed by atoms with van der Waals surface area (Å²) < 4.78 is 0. The summed E-state index contributed by atoms with van der Waals surface area (Å²) in [6.45, 7) is 2.70. The van der Waals surface area contributed by atoms with Gasteiger partial charge in [0.25, 0.3) is 0 Å². The van der Waals surface area contributed by atoms with Gasteiger partial charge in [-0.3, -0.25) is 0 Å². The van der Waals surface area contributed by atoms with Crippen LogP contribution >= 0.6 is 0 Å². The lowest BCUT2D eigenvalue weighted by molar-refractivity contribution is 0.340. The minimum absolute atomic E-state index is 0.577. The summed E-state index contributed by atoms with van der Waals surface area (Å²) in [5, 5.41) is 3.49. The SMILES string of the molecule is CN(C)c1cccc(CN=C(Nc2ccccc2)N2CCCCC2)n1. The maximum atomic E-state index is 4.86. The van der Waals surface area contributed by atoms with Crippen molar-refractivity contribution in [2.24, 2.45) is 4.99 Å². The molecule has 1 N–H and O–H groups in total. The van der Waals surface area contributed by atoms with Crippen molar-refractivity contribution in [1.82, 2.24) is 9.88 Å². The highest BCUT2D eigenvalue weighted by molar-refractivity contribution is 5.93. The highest BCUT2D eigenvalue weighted by Gasteiger charge is 2.15. The molecule has 5 heteroatoms. The molecule has 2 aromatic rings. The first-order valence-corrected chi connectivity index (χ1v) is 8.97. The molecule has 1 aliphatic heterocycles. The van der Waals surface area contributed by atoms with Crippen LogP contribution in [0.5, 0.6) is 0 Å². The van der Waals surface area contributed by atoms with E-state index in [1.165, 1.54) is 19.3 Å². The summed E-state index contributed by atoms with van der Waals surface area (Å²) in [5.41, 5.74) is 2.05. The van der Waals surface area contributed by atoms with Gasteiger partial charge in [0.2, 0.25) is 0 Å². The molecule has 0 bridgehead atoms. The van der Waals surface area contributed by atoms with Gasteiger partial charge in [0.15, 0.2) is 5.96 Å². The van der Waals surface area contributed by atoms with Gasteiger partial charge in [0.1, 0.15) is 5.82 Å².